The molecule has 3 rings (SSSR count). The predicted octanol–water partition coefficient (Wildman–Crippen LogP) is 3.34. The summed E-state index contributed by atoms with van der Waals surface area (Å²) in [5.74, 6) is -1.60. The highest BCUT2D eigenvalue weighted by molar-refractivity contribution is 6.32. The van der Waals surface area contributed by atoms with Crippen molar-refractivity contribution in [2.45, 2.75) is 13.0 Å². The fourth-order valence-electron chi connectivity index (χ4n) is 3.05. The Labute approximate surface area is 176 Å². The fraction of sp³-hybridized carbons (Fsp3) is 0.200. The van der Waals surface area contributed by atoms with E-state index in [4.69, 9.17) is 16.3 Å². The minimum atomic E-state index is -0.895. The van der Waals surface area contributed by atoms with Crippen LogP contribution in [0, 0.1) is 21.4 Å². The molecule has 1 aliphatic rings. The van der Waals surface area contributed by atoms with Crippen molar-refractivity contribution in [3.05, 3.63) is 67.7 Å². The van der Waals surface area contributed by atoms with Gasteiger partial charge in [-0.3, -0.25) is 14.9 Å². The number of ether oxygens (including phenoxy) is 1. The normalized spacial score (nSPS) is 13.0. The second kappa shape index (κ2) is 8.31. The number of carbonyl (C=O) groups is 1. The summed E-state index contributed by atoms with van der Waals surface area (Å²) in [6, 6.07) is 9.05. The monoisotopic (exact) mass is 429 g/mol. The minimum Gasteiger partial charge on any atom is -0.506 e. The first kappa shape index (κ1) is 21.0. The van der Waals surface area contributed by atoms with E-state index < -0.39 is 38.6 Å². The van der Waals surface area contributed by atoms with Crippen molar-refractivity contribution < 1.29 is 24.7 Å². The Hall–Kier alpha value is -3.77. The number of benzene rings is 2. The number of nitro groups is 1. The van der Waals surface area contributed by atoms with Crippen molar-refractivity contribution in [3.8, 4) is 17.6 Å². The van der Waals surface area contributed by atoms with Gasteiger partial charge < -0.3 is 19.8 Å². The van der Waals surface area contributed by atoms with Crippen LogP contribution in [0.25, 0.3) is 5.76 Å². The van der Waals surface area contributed by atoms with Crippen LogP contribution in [-0.2, 0) is 17.8 Å². The first-order chi connectivity index (χ1) is 14.2. The van der Waals surface area contributed by atoms with Crippen LogP contribution in [0.2, 0.25) is 5.02 Å². The van der Waals surface area contributed by atoms with E-state index in [1.807, 2.05) is 18.2 Å². The van der Waals surface area contributed by atoms with Crippen LogP contribution in [0.4, 0.5) is 5.69 Å². The second-order valence-electron chi connectivity index (χ2n) is 6.62. The number of nitro benzene ring substituents is 1. The van der Waals surface area contributed by atoms with Gasteiger partial charge in [-0.25, -0.2) is 0 Å². The molecule has 10 heteroatoms. The summed E-state index contributed by atoms with van der Waals surface area (Å²) in [5.41, 5.74) is 0.223. The third-order valence-electron chi connectivity index (χ3n) is 4.60. The van der Waals surface area contributed by atoms with Gasteiger partial charge in [0, 0.05) is 31.6 Å². The SMILES string of the molecule is CN(Cc1ccc2c(c1)OCC2)C(=O)/C(C#N)=C(\O)c1cc(Cl)c(O)c([N+](=O)[O-])c1. The van der Waals surface area contributed by atoms with Crippen LogP contribution in [-0.4, -0.2) is 39.6 Å². The van der Waals surface area contributed by atoms with Crippen molar-refractivity contribution in [1.82, 2.24) is 4.90 Å². The Bertz CT molecular complexity index is 1120. The smallest absolute Gasteiger partial charge is 0.313 e. The van der Waals surface area contributed by atoms with Crippen LogP contribution in [0.3, 0.4) is 0 Å². The number of nitrogens with zero attached hydrogens (tertiary/aromatic N) is 3. The predicted molar refractivity (Wildman–Crippen MR) is 107 cm³/mol. The molecule has 0 fully saturated rings. The van der Waals surface area contributed by atoms with Crippen LogP contribution < -0.4 is 4.74 Å². The number of hydrogen-bond donors (Lipinski definition) is 2. The van der Waals surface area contributed by atoms with E-state index in [1.165, 1.54) is 11.9 Å². The highest BCUT2D eigenvalue weighted by Crippen LogP contribution is 2.37. The lowest BCUT2D eigenvalue weighted by atomic mass is 10.1. The van der Waals surface area contributed by atoms with Crippen molar-refractivity contribution in [1.29, 1.82) is 5.26 Å². The van der Waals surface area contributed by atoms with Crippen molar-refractivity contribution in [2.75, 3.05) is 13.7 Å². The van der Waals surface area contributed by atoms with Gasteiger partial charge in [0.1, 0.15) is 17.6 Å². The molecule has 0 saturated heterocycles. The highest BCUT2D eigenvalue weighted by Gasteiger charge is 2.25. The van der Waals surface area contributed by atoms with Gasteiger partial charge in [-0.1, -0.05) is 23.7 Å². The number of hydrogen-bond acceptors (Lipinski definition) is 7. The van der Waals surface area contributed by atoms with Gasteiger partial charge in [-0.15, -0.1) is 0 Å². The third-order valence-corrected chi connectivity index (χ3v) is 4.89. The average molecular weight is 430 g/mol. The van der Waals surface area contributed by atoms with E-state index >= 15 is 0 Å². The Balaban J connectivity index is 1.90. The molecule has 0 radical (unpaired) electrons. The summed E-state index contributed by atoms with van der Waals surface area (Å²) < 4.78 is 5.50. The van der Waals surface area contributed by atoms with Crippen LogP contribution in [0.1, 0.15) is 16.7 Å². The number of aliphatic hydroxyl groups excluding tert-OH is 1. The van der Waals surface area contributed by atoms with E-state index in [-0.39, 0.29) is 12.1 Å². The first-order valence-corrected chi connectivity index (χ1v) is 9.11. The molecule has 1 amide bonds. The van der Waals surface area contributed by atoms with Gasteiger partial charge in [-0.05, 0) is 23.3 Å². The van der Waals surface area contributed by atoms with E-state index in [1.54, 1.807) is 6.07 Å². The summed E-state index contributed by atoms with van der Waals surface area (Å²) in [6.07, 6.45) is 0.820. The number of aromatic hydroxyl groups is 1. The number of nitriles is 1. The fourth-order valence-corrected chi connectivity index (χ4v) is 3.27. The topological polar surface area (TPSA) is 137 Å². The molecule has 2 N–H and O–H groups in total. The molecule has 1 heterocycles. The van der Waals surface area contributed by atoms with Gasteiger partial charge in [-0.2, -0.15) is 5.26 Å². The summed E-state index contributed by atoms with van der Waals surface area (Å²) >= 11 is 5.77. The zero-order valence-electron chi connectivity index (χ0n) is 15.8. The summed E-state index contributed by atoms with van der Waals surface area (Å²) in [6.45, 7) is 0.745. The van der Waals surface area contributed by atoms with Crippen molar-refractivity contribution in [3.63, 3.8) is 0 Å². The molecule has 1 aliphatic heterocycles. The third kappa shape index (κ3) is 3.99. The summed E-state index contributed by atoms with van der Waals surface area (Å²) in [5, 5.41) is 40.2. The number of aliphatic hydroxyl groups is 1. The van der Waals surface area contributed by atoms with Gasteiger partial charge in [0.05, 0.1) is 16.6 Å². The van der Waals surface area contributed by atoms with E-state index in [9.17, 15) is 30.4 Å². The van der Waals surface area contributed by atoms with Crippen LogP contribution >= 0.6 is 11.6 Å². The first-order valence-electron chi connectivity index (χ1n) is 8.73. The molecule has 0 spiro atoms. The lowest BCUT2D eigenvalue weighted by Gasteiger charge is -2.18. The quantitative estimate of drug-likeness (QED) is 0.244. The molecule has 0 bridgehead atoms. The molecule has 30 heavy (non-hydrogen) atoms. The van der Waals surface area contributed by atoms with E-state index in [0.29, 0.717) is 6.61 Å². The molecule has 0 aromatic heterocycles. The number of phenolic OH excluding ortho intramolecular Hbond substituents is 1. The van der Waals surface area contributed by atoms with E-state index in [0.717, 1.165) is 35.4 Å². The molecule has 0 unspecified atom stereocenters. The Kier molecular flexibility index (Phi) is 5.80. The van der Waals surface area contributed by atoms with Gasteiger partial charge in [0.15, 0.2) is 5.57 Å². The summed E-state index contributed by atoms with van der Waals surface area (Å²) in [4.78, 5) is 24.1. The molecule has 0 aliphatic carbocycles. The molecule has 154 valence electrons. The van der Waals surface area contributed by atoms with Gasteiger partial charge in [0.25, 0.3) is 5.91 Å². The Morgan fingerprint density at radius 3 is 2.80 bits per heavy atom. The molecular weight excluding hydrogens is 414 g/mol. The average Bonchev–Trinajstić information content (AvgIpc) is 3.17. The molecule has 2 aromatic rings. The Morgan fingerprint density at radius 2 is 2.13 bits per heavy atom. The number of rotatable bonds is 5. The van der Waals surface area contributed by atoms with Crippen molar-refractivity contribution >= 4 is 29.0 Å². The maximum absolute atomic E-state index is 12.7. The zero-order chi connectivity index (χ0) is 22.0. The van der Waals surface area contributed by atoms with Crippen molar-refractivity contribution in [2.24, 2.45) is 0 Å². The summed E-state index contributed by atoms with van der Waals surface area (Å²) in [7, 11) is 1.45. The number of phenols is 1. The molecular formula is C20H16ClN3O6. The van der Waals surface area contributed by atoms with Crippen LogP contribution in [0.5, 0.6) is 11.5 Å². The van der Waals surface area contributed by atoms with Crippen LogP contribution in [0.15, 0.2) is 35.9 Å². The number of amides is 1. The molecule has 0 saturated carbocycles. The number of fused-ring (bicyclic) bond motifs is 1. The molecule has 9 nitrogen and oxygen atoms in total. The number of carbonyl (C=O) groups excluding carboxylic acids is 1. The zero-order valence-corrected chi connectivity index (χ0v) is 16.5. The minimum absolute atomic E-state index is 0.143. The largest absolute Gasteiger partial charge is 0.506 e. The molecule has 0 atom stereocenters. The standard InChI is InChI=1S/C20H16ClN3O6/c1-23(10-11-2-3-12-4-5-30-17(12)6-11)20(27)14(9-22)18(25)13-7-15(21)19(26)16(8-13)24(28)29/h2-3,6-8,25-26H,4-5,10H2,1H3/b18-14-. The van der Waals surface area contributed by atoms with E-state index in [2.05, 4.69) is 0 Å². The number of likely N-dealkylation sites (N-methyl/N-ethyl adjacent to an activating group) is 1. The Morgan fingerprint density at radius 1 is 1.40 bits per heavy atom. The maximum atomic E-state index is 12.7. The lowest BCUT2D eigenvalue weighted by Crippen LogP contribution is -2.28. The molecule has 2 aromatic carbocycles. The maximum Gasteiger partial charge on any atom is 0.313 e. The number of halogens is 1. The van der Waals surface area contributed by atoms with Gasteiger partial charge in [0.2, 0.25) is 5.75 Å². The van der Waals surface area contributed by atoms with Gasteiger partial charge >= 0.3 is 5.69 Å². The lowest BCUT2D eigenvalue weighted by molar-refractivity contribution is -0.385. The second-order valence-corrected chi connectivity index (χ2v) is 7.03. The highest BCUT2D eigenvalue weighted by atomic mass is 35.5.